The highest BCUT2D eigenvalue weighted by Crippen LogP contribution is 2.45. The summed E-state index contributed by atoms with van der Waals surface area (Å²) in [6, 6.07) is 0. The number of carbonyl (C=O) groups is 4. The van der Waals surface area contributed by atoms with Crippen molar-refractivity contribution in [2.75, 3.05) is 39.6 Å². The van der Waals surface area contributed by atoms with Gasteiger partial charge in [0, 0.05) is 25.7 Å². The molecule has 98 heavy (non-hydrogen) atoms. The number of carbonyl (C=O) groups excluding carboxylic acids is 4. The minimum atomic E-state index is -4.99. The Hall–Kier alpha value is -4.80. The molecule has 0 saturated carbocycles. The summed E-state index contributed by atoms with van der Waals surface area (Å²) in [4.78, 5) is 72.7. The van der Waals surface area contributed by atoms with Gasteiger partial charge in [0.05, 0.1) is 26.4 Å². The van der Waals surface area contributed by atoms with Gasteiger partial charge in [0.25, 0.3) is 0 Å². The Bertz CT molecular complexity index is 2380. The lowest BCUT2D eigenvalue weighted by Crippen LogP contribution is -2.30. The van der Waals surface area contributed by atoms with E-state index in [4.69, 9.17) is 37.0 Å². The van der Waals surface area contributed by atoms with Crippen molar-refractivity contribution in [3.63, 3.8) is 0 Å². The maximum Gasteiger partial charge on any atom is 0.472 e. The van der Waals surface area contributed by atoms with Gasteiger partial charge in [-0.3, -0.25) is 37.3 Å². The second-order valence-electron chi connectivity index (χ2n) is 24.5. The molecule has 0 aliphatic carbocycles. The Balaban J connectivity index is 5.41. The zero-order valence-corrected chi connectivity index (χ0v) is 62.7. The first kappa shape index (κ1) is 93.2. The van der Waals surface area contributed by atoms with E-state index in [-0.39, 0.29) is 25.7 Å². The number of rotatable bonds is 69. The number of hydrogen-bond donors (Lipinski definition) is 3. The van der Waals surface area contributed by atoms with Crippen LogP contribution in [0.5, 0.6) is 0 Å². The van der Waals surface area contributed by atoms with E-state index in [0.29, 0.717) is 32.1 Å². The minimum absolute atomic E-state index is 0.0632. The summed E-state index contributed by atoms with van der Waals surface area (Å²) in [6.45, 7) is 4.45. The number of esters is 4. The zero-order valence-electron chi connectivity index (χ0n) is 60.9. The van der Waals surface area contributed by atoms with Gasteiger partial charge in [-0.2, -0.15) is 0 Å². The van der Waals surface area contributed by atoms with Gasteiger partial charge >= 0.3 is 39.5 Å². The molecule has 0 rings (SSSR count). The normalized spacial score (nSPS) is 14.7. The van der Waals surface area contributed by atoms with Crippen LogP contribution in [0.3, 0.4) is 0 Å². The lowest BCUT2D eigenvalue weighted by Gasteiger charge is -2.21. The molecule has 0 aliphatic rings. The number of unbranched alkanes of at least 4 members (excludes halogenated alkanes) is 21. The van der Waals surface area contributed by atoms with Crippen LogP contribution < -0.4 is 0 Å². The van der Waals surface area contributed by atoms with Gasteiger partial charge in [0.2, 0.25) is 0 Å². The quantitative estimate of drug-likeness (QED) is 0.0169. The molecule has 0 radical (unpaired) electrons. The third-order valence-electron chi connectivity index (χ3n) is 15.1. The fourth-order valence-electron chi connectivity index (χ4n) is 9.40. The van der Waals surface area contributed by atoms with Crippen LogP contribution in [-0.4, -0.2) is 96.7 Å². The lowest BCUT2D eigenvalue weighted by molar-refractivity contribution is -0.161. The van der Waals surface area contributed by atoms with Gasteiger partial charge < -0.3 is 33.8 Å². The van der Waals surface area contributed by atoms with Gasteiger partial charge in [-0.25, -0.2) is 9.13 Å². The van der Waals surface area contributed by atoms with Crippen LogP contribution in [-0.2, 0) is 65.4 Å². The number of phosphoric ester groups is 2. The highest BCUT2D eigenvalue weighted by atomic mass is 31.2. The Morgan fingerprint density at radius 1 is 0.296 bits per heavy atom. The first-order chi connectivity index (χ1) is 47.7. The topological polar surface area (TPSA) is 237 Å². The van der Waals surface area contributed by atoms with Crippen molar-refractivity contribution < 1.29 is 80.2 Å². The molecule has 0 aromatic heterocycles. The predicted molar refractivity (Wildman–Crippen MR) is 399 cm³/mol. The average Bonchev–Trinajstić information content (AvgIpc) is 0.986. The maximum atomic E-state index is 13.1. The third kappa shape index (κ3) is 69.7. The standard InChI is InChI=1S/C79H132O17P2/c1-5-9-13-17-21-25-29-32-35-36-39-41-45-48-52-56-60-64-77(82)90-70-75(96-79(84)66-62-58-54-50-46-42-38-34-31-27-23-19-15-11-7-3)72-94-98(87,88)92-68-73(80)67-91-97(85,86)93-71-74(95-78(83)65-61-57-53-49-43-28-24-20-16-12-8-4)69-89-76(81)63-59-55-51-47-44-40-37-33-30-26-22-18-14-10-6-2/h9-10,13-14,20-27,32-35,37-39,41,48,52,73-75,80H,5-8,11-12,15-19,28-31,36,40,42-47,49-51,53-72H2,1-4H3,(H,85,86)(H,87,88)/b13-9-,14-10-,24-20-,25-21-,26-22-,27-23-,35-32-,37-33-,38-34-,41-39-,52-48-. The number of aliphatic hydroxyl groups excluding tert-OH is 1. The third-order valence-corrected chi connectivity index (χ3v) is 17.0. The average molecular weight is 1420 g/mol. The van der Waals surface area contributed by atoms with E-state index < -0.39 is 97.5 Å². The van der Waals surface area contributed by atoms with E-state index in [1.165, 1.54) is 32.1 Å². The van der Waals surface area contributed by atoms with E-state index in [0.717, 1.165) is 167 Å². The van der Waals surface area contributed by atoms with Crippen molar-refractivity contribution in [3.05, 3.63) is 134 Å². The van der Waals surface area contributed by atoms with Crippen LogP contribution in [0, 0.1) is 0 Å². The number of aliphatic hydroxyl groups is 1. The van der Waals surface area contributed by atoms with Crippen LogP contribution in [0.2, 0.25) is 0 Å². The SMILES string of the molecule is CC/C=C\C/C=C\C/C=C\C/C=C\C/C=C\CCCC(=O)OCC(COP(=O)(O)OCC(O)COP(=O)(O)OCC(COC(=O)CCCCCCC/C=C\C/C=C\C/C=C\CC)OC(=O)CCCCCCC/C=C\CCCC)OC(=O)CCCCCCC/C=C\C/C=C\CCCCC. The van der Waals surface area contributed by atoms with Crippen molar-refractivity contribution in [2.24, 2.45) is 0 Å². The number of allylic oxidation sites excluding steroid dienone is 22. The van der Waals surface area contributed by atoms with Gasteiger partial charge in [0.1, 0.15) is 19.3 Å². The van der Waals surface area contributed by atoms with Gasteiger partial charge in [0.15, 0.2) is 12.2 Å². The summed E-state index contributed by atoms with van der Waals surface area (Å²) in [5, 5.41) is 10.6. The van der Waals surface area contributed by atoms with E-state index in [1.807, 2.05) is 12.2 Å². The molecule has 5 atom stereocenters. The Kier molecular flexibility index (Phi) is 67.2. The largest absolute Gasteiger partial charge is 0.472 e. The molecule has 0 amide bonds. The molecule has 0 saturated heterocycles. The molecule has 0 bridgehead atoms. The molecule has 0 heterocycles. The molecule has 0 fully saturated rings. The first-order valence-electron chi connectivity index (χ1n) is 37.4. The van der Waals surface area contributed by atoms with E-state index in [1.54, 1.807) is 0 Å². The second kappa shape index (κ2) is 70.6. The molecule has 5 unspecified atom stereocenters. The summed E-state index contributed by atoms with van der Waals surface area (Å²) in [6.07, 6.45) is 77.4. The molecule has 17 nitrogen and oxygen atoms in total. The van der Waals surface area contributed by atoms with Gasteiger partial charge in [-0.05, 0) is 148 Å². The second-order valence-corrected chi connectivity index (χ2v) is 27.4. The predicted octanol–water partition coefficient (Wildman–Crippen LogP) is 21.3. The molecular weight excluding hydrogens is 1280 g/mol. The van der Waals surface area contributed by atoms with Crippen molar-refractivity contribution in [3.8, 4) is 0 Å². The molecule has 0 aromatic rings. The lowest BCUT2D eigenvalue weighted by atomic mass is 10.1. The minimum Gasteiger partial charge on any atom is -0.462 e. The van der Waals surface area contributed by atoms with E-state index in [9.17, 15) is 43.2 Å². The van der Waals surface area contributed by atoms with E-state index >= 15 is 0 Å². The molecular formula is C79H132O17P2. The molecule has 560 valence electrons. The smallest absolute Gasteiger partial charge is 0.462 e. The van der Waals surface area contributed by atoms with E-state index in [2.05, 4.69) is 149 Å². The monoisotopic (exact) mass is 1410 g/mol. The van der Waals surface area contributed by atoms with Crippen molar-refractivity contribution in [1.82, 2.24) is 0 Å². The Morgan fingerprint density at radius 3 is 0.898 bits per heavy atom. The van der Waals surface area contributed by atoms with Crippen LogP contribution in [0.1, 0.15) is 285 Å². The zero-order chi connectivity index (χ0) is 71.8. The Morgan fingerprint density at radius 2 is 0.551 bits per heavy atom. The molecule has 0 spiro atoms. The molecule has 3 N–H and O–H groups in total. The Labute approximate surface area is 593 Å². The molecule has 19 heteroatoms. The fourth-order valence-corrected chi connectivity index (χ4v) is 11.0. The summed E-state index contributed by atoms with van der Waals surface area (Å²) in [7, 11) is -9.98. The van der Waals surface area contributed by atoms with Crippen LogP contribution in [0.15, 0.2) is 134 Å². The summed E-state index contributed by atoms with van der Waals surface area (Å²) in [5.41, 5.74) is 0. The van der Waals surface area contributed by atoms with Crippen LogP contribution in [0.4, 0.5) is 0 Å². The van der Waals surface area contributed by atoms with Crippen LogP contribution in [0.25, 0.3) is 0 Å². The first-order valence-corrected chi connectivity index (χ1v) is 40.4. The van der Waals surface area contributed by atoms with Crippen LogP contribution >= 0.6 is 15.6 Å². The van der Waals surface area contributed by atoms with Crippen molar-refractivity contribution in [1.29, 1.82) is 0 Å². The summed E-state index contributed by atoms with van der Waals surface area (Å²) >= 11 is 0. The van der Waals surface area contributed by atoms with Crippen molar-refractivity contribution >= 4 is 39.5 Å². The summed E-state index contributed by atoms with van der Waals surface area (Å²) in [5.74, 6) is -2.29. The number of phosphoric acid groups is 2. The fraction of sp³-hybridized carbons (Fsp3) is 0.671. The molecule has 0 aromatic carbocycles. The number of ether oxygens (including phenoxy) is 4. The van der Waals surface area contributed by atoms with Gasteiger partial charge in [-0.1, -0.05) is 245 Å². The van der Waals surface area contributed by atoms with Crippen molar-refractivity contribution in [2.45, 2.75) is 303 Å². The highest BCUT2D eigenvalue weighted by Gasteiger charge is 2.30. The molecule has 0 aliphatic heterocycles. The van der Waals surface area contributed by atoms with Gasteiger partial charge in [-0.15, -0.1) is 0 Å². The maximum absolute atomic E-state index is 13.1. The summed E-state index contributed by atoms with van der Waals surface area (Å²) < 4.78 is 68.3. The number of hydrogen-bond acceptors (Lipinski definition) is 15. The highest BCUT2D eigenvalue weighted by molar-refractivity contribution is 7.47.